The number of hydrogen-bond donors (Lipinski definition) is 1. The summed E-state index contributed by atoms with van der Waals surface area (Å²) in [6.07, 6.45) is 2.40. The van der Waals surface area contributed by atoms with Crippen molar-refractivity contribution in [2.75, 3.05) is 18.5 Å². The van der Waals surface area contributed by atoms with Gasteiger partial charge in [-0.2, -0.15) is 5.10 Å². The molecule has 1 aromatic heterocycles. The first-order valence-electron chi connectivity index (χ1n) is 9.42. The Bertz CT molecular complexity index is 1140. The van der Waals surface area contributed by atoms with Crippen LogP contribution in [-0.4, -0.2) is 33.8 Å². The number of fused-ring (bicyclic) bond motifs is 1. The summed E-state index contributed by atoms with van der Waals surface area (Å²) in [5, 5.41) is 18.3. The molecule has 2 heterocycles. The Morgan fingerprint density at radius 1 is 1.17 bits per heavy atom. The van der Waals surface area contributed by atoms with Crippen LogP contribution in [-0.2, 0) is 7.05 Å². The second-order valence-electron chi connectivity index (χ2n) is 6.99. The molecule has 9 heteroatoms. The number of hydrogen-bond acceptors (Lipinski definition) is 6. The van der Waals surface area contributed by atoms with E-state index in [1.54, 1.807) is 49.1 Å². The molecule has 9 nitrogen and oxygen atoms in total. The lowest BCUT2D eigenvalue weighted by molar-refractivity contribution is -0.385. The van der Waals surface area contributed by atoms with Gasteiger partial charge in [0.2, 0.25) is 0 Å². The average molecular weight is 408 g/mol. The van der Waals surface area contributed by atoms with Gasteiger partial charge in [0.15, 0.2) is 11.5 Å². The number of nitro benzene ring substituents is 1. The molecular weight excluding hydrogens is 388 g/mol. The third kappa shape index (κ3) is 3.82. The van der Waals surface area contributed by atoms with Gasteiger partial charge in [-0.1, -0.05) is 6.07 Å². The molecule has 3 aromatic rings. The van der Waals surface area contributed by atoms with Gasteiger partial charge in [0.05, 0.1) is 23.7 Å². The van der Waals surface area contributed by atoms with Crippen LogP contribution in [0, 0.1) is 17.0 Å². The lowest BCUT2D eigenvalue weighted by atomic mass is 10.1. The van der Waals surface area contributed by atoms with Gasteiger partial charge in [0.1, 0.15) is 5.69 Å². The number of amides is 1. The normalized spacial score (nSPS) is 12.9. The topological polar surface area (TPSA) is 109 Å². The first-order chi connectivity index (χ1) is 14.4. The summed E-state index contributed by atoms with van der Waals surface area (Å²) in [7, 11) is 1.72. The fourth-order valence-electron chi connectivity index (χ4n) is 3.26. The SMILES string of the molecule is Cc1ccc(NC(=O)c2cn(C)nc2-c2ccc3c(c2)OCCCO3)cc1[N+](=O)[O-]. The molecule has 0 saturated carbocycles. The molecule has 0 atom stereocenters. The molecule has 30 heavy (non-hydrogen) atoms. The highest BCUT2D eigenvalue weighted by molar-refractivity contribution is 6.08. The number of rotatable bonds is 4. The highest BCUT2D eigenvalue weighted by atomic mass is 16.6. The van der Waals surface area contributed by atoms with Crippen LogP contribution in [0.2, 0.25) is 0 Å². The van der Waals surface area contributed by atoms with Crippen LogP contribution in [0.5, 0.6) is 11.5 Å². The molecule has 1 aliphatic heterocycles. The molecule has 0 fully saturated rings. The van der Waals surface area contributed by atoms with Crippen LogP contribution >= 0.6 is 0 Å². The minimum Gasteiger partial charge on any atom is -0.490 e. The first-order valence-corrected chi connectivity index (χ1v) is 9.42. The summed E-state index contributed by atoms with van der Waals surface area (Å²) in [5.41, 5.74) is 2.34. The lowest BCUT2D eigenvalue weighted by Crippen LogP contribution is -2.12. The van der Waals surface area contributed by atoms with Gasteiger partial charge in [0.25, 0.3) is 11.6 Å². The van der Waals surface area contributed by atoms with Crippen molar-refractivity contribution >= 4 is 17.3 Å². The zero-order chi connectivity index (χ0) is 21.3. The van der Waals surface area contributed by atoms with E-state index in [2.05, 4.69) is 10.4 Å². The van der Waals surface area contributed by atoms with Crippen molar-refractivity contribution in [3.63, 3.8) is 0 Å². The van der Waals surface area contributed by atoms with E-state index in [9.17, 15) is 14.9 Å². The monoisotopic (exact) mass is 408 g/mol. The zero-order valence-electron chi connectivity index (χ0n) is 16.5. The number of nitrogens with one attached hydrogen (secondary N) is 1. The lowest BCUT2D eigenvalue weighted by Gasteiger charge is -2.10. The number of nitrogens with zero attached hydrogens (tertiary/aromatic N) is 3. The van der Waals surface area contributed by atoms with Crippen molar-refractivity contribution < 1.29 is 19.2 Å². The molecule has 1 N–H and O–H groups in total. The minimum absolute atomic E-state index is 0.0536. The maximum atomic E-state index is 12.9. The molecular formula is C21H20N4O5. The van der Waals surface area contributed by atoms with E-state index in [4.69, 9.17) is 9.47 Å². The van der Waals surface area contributed by atoms with E-state index in [1.165, 1.54) is 6.07 Å². The highest BCUT2D eigenvalue weighted by Gasteiger charge is 2.21. The smallest absolute Gasteiger partial charge is 0.274 e. The van der Waals surface area contributed by atoms with Crippen LogP contribution < -0.4 is 14.8 Å². The number of aromatic nitrogens is 2. The van der Waals surface area contributed by atoms with Crippen LogP contribution in [0.3, 0.4) is 0 Å². The van der Waals surface area contributed by atoms with Gasteiger partial charge in [-0.25, -0.2) is 0 Å². The minimum atomic E-state index is -0.474. The fourth-order valence-corrected chi connectivity index (χ4v) is 3.26. The van der Waals surface area contributed by atoms with Gasteiger partial charge < -0.3 is 14.8 Å². The number of anilines is 1. The van der Waals surface area contributed by atoms with Gasteiger partial charge in [-0.05, 0) is 31.2 Å². The predicted molar refractivity (Wildman–Crippen MR) is 110 cm³/mol. The number of ether oxygens (including phenoxy) is 2. The van der Waals surface area contributed by atoms with Crippen molar-refractivity contribution in [1.82, 2.24) is 9.78 Å². The molecule has 4 rings (SSSR count). The number of aryl methyl sites for hydroxylation is 2. The van der Waals surface area contributed by atoms with Gasteiger partial charge in [-0.3, -0.25) is 19.6 Å². The summed E-state index contributed by atoms with van der Waals surface area (Å²) in [5.74, 6) is 0.852. The number of carbonyl (C=O) groups is 1. The highest BCUT2D eigenvalue weighted by Crippen LogP contribution is 2.35. The molecule has 0 unspecified atom stereocenters. The average Bonchev–Trinajstić information content (AvgIpc) is 2.96. The van der Waals surface area contributed by atoms with E-state index >= 15 is 0 Å². The molecule has 2 aromatic carbocycles. The zero-order valence-corrected chi connectivity index (χ0v) is 16.5. The summed E-state index contributed by atoms with van der Waals surface area (Å²) >= 11 is 0. The number of carbonyl (C=O) groups excluding carboxylic acids is 1. The Kier molecular flexibility index (Phi) is 5.09. The second kappa shape index (κ2) is 7.86. The summed E-state index contributed by atoms with van der Waals surface area (Å²) in [4.78, 5) is 23.6. The van der Waals surface area contributed by atoms with Crippen LogP contribution in [0.25, 0.3) is 11.3 Å². The predicted octanol–water partition coefficient (Wildman–Crippen LogP) is 3.72. The standard InChI is InChI=1S/C21H20N4O5/c1-13-4-6-15(11-17(13)25(27)28)22-21(26)16-12-24(2)23-20(16)14-5-7-18-19(10-14)30-9-3-8-29-18/h4-7,10-12H,3,8-9H2,1-2H3,(H,22,26). The second-order valence-corrected chi connectivity index (χ2v) is 6.99. The van der Waals surface area contributed by atoms with E-state index in [0.29, 0.717) is 52.8 Å². The molecule has 1 aliphatic rings. The van der Waals surface area contributed by atoms with E-state index in [-0.39, 0.29) is 5.69 Å². The Labute approximate surface area is 172 Å². The van der Waals surface area contributed by atoms with E-state index < -0.39 is 10.8 Å². The molecule has 1 amide bonds. The van der Waals surface area contributed by atoms with Crippen molar-refractivity contribution in [2.24, 2.45) is 7.05 Å². The van der Waals surface area contributed by atoms with Crippen molar-refractivity contribution in [1.29, 1.82) is 0 Å². The van der Waals surface area contributed by atoms with Crippen LogP contribution in [0.4, 0.5) is 11.4 Å². The quantitative estimate of drug-likeness (QED) is 0.521. The van der Waals surface area contributed by atoms with Crippen molar-refractivity contribution in [3.8, 4) is 22.8 Å². The number of benzene rings is 2. The van der Waals surface area contributed by atoms with Crippen LogP contribution in [0.15, 0.2) is 42.6 Å². The third-order valence-corrected chi connectivity index (χ3v) is 4.76. The van der Waals surface area contributed by atoms with Gasteiger partial charge in [0, 0.05) is 42.5 Å². The molecule has 0 aliphatic carbocycles. The fraction of sp³-hybridized carbons (Fsp3) is 0.238. The Balaban J connectivity index is 1.65. The molecule has 0 radical (unpaired) electrons. The largest absolute Gasteiger partial charge is 0.490 e. The van der Waals surface area contributed by atoms with Gasteiger partial charge >= 0.3 is 0 Å². The van der Waals surface area contributed by atoms with Crippen LogP contribution in [0.1, 0.15) is 22.3 Å². The Hall–Kier alpha value is -3.88. The first kappa shape index (κ1) is 19.4. The summed E-state index contributed by atoms with van der Waals surface area (Å²) in [6.45, 7) is 2.79. The molecule has 0 bridgehead atoms. The van der Waals surface area contributed by atoms with Crippen molar-refractivity contribution in [2.45, 2.75) is 13.3 Å². The summed E-state index contributed by atoms with van der Waals surface area (Å²) in [6, 6.07) is 10.00. The number of nitro groups is 1. The van der Waals surface area contributed by atoms with Gasteiger partial charge in [-0.15, -0.1) is 0 Å². The maximum absolute atomic E-state index is 12.9. The van der Waals surface area contributed by atoms with E-state index in [1.807, 2.05) is 6.07 Å². The maximum Gasteiger partial charge on any atom is 0.274 e. The molecule has 154 valence electrons. The molecule has 0 spiro atoms. The Morgan fingerprint density at radius 3 is 2.70 bits per heavy atom. The Morgan fingerprint density at radius 2 is 1.93 bits per heavy atom. The third-order valence-electron chi connectivity index (χ3n) is 4.76. The van der Waals surface area contributed by atoms with Crippen molar-refractivity contribution in [3.05, 3.63) is 63.8 Å². The van der Waals surface area contributed by atoms with E-state index in [0.717, 1.165) is 6.42 Å². The summed E-state index contributed by atoms with van der Waals surface area (Å²) < 4.78 is 12.9. The molecule has 0 saturated heterocycles.